The van der Waals surface area contributed by atoms with Crippen molar-refractivity contribution in [2.45, 2.75) is 24.0 Å². The molecule has 182 valence electrons. The van der Waals surface area contributed by atoms with Crippen molar-refractivity contribution in [3.05, 3.63) is 119 Å². The van der Waals surface area contributed by atoms with Crippen molar-refractivity contribution in [2.75, 3.05) is 16.0 Å². The molecule has 0 aliphatic rings. The second-order valence-corrected chi connectivity index (χ2v) is 10.3. The number of thioether (sulfide) groups is 1. The van der Waals surface area contributed by atoms with Crippen LogP contribution in [0.25, 0.3) is 0 Å². The maximum Gasteiger partial charge on any atom is 0.242 e. The summed E-state index contributed by atoms with van der Waals surface area (Å²) in [6.07, 6.45) is 0. The molecule has 0 bridgehead atoms. The number of carbonyl (C=O) groups excluding carboxylic acids is 1. The van der Waals surface area contributed by atoms with Crippen LogP contribution < -0.4 is 16.0 Å². The Balaban J connectivity index is 1.50. The minimum absolute atomic E-state index is 0.119. The fourth-order valence-electron chi connectivity index (χ4n) is 3.56. The van der Waals surface area contributed by atoms with Crippen molar-refractivity contribution in [1.29, 1.82) is 0 Å². The van der Waals surface area contributed by atoms with Gasteiger partial charge in [-0.1, -0.05) is 71.8 Å². The molecule has 4 aromatic carbocycles. The predicted molar refractivity (Wildman–Crippen MR) is 157 cm³/mol. The van der Waals surface area contributed by atoms with Gasteiger partial charge in [0.1, 0.15) is 5.25 Å². The summed E-state index contributed by atoms with van der Waals surface area (Å²) in [6.45, 7) is 3.94. The lowest BCUT2D eigenvalue weighted by molar-refractivity contribution is -0.115. The number of halogens is 1. The zero-order chi connectivity index (χ0) is 25.5. The molecule has 0 radical (unpaired) electrons. The molecule has 4 nitrogen and oxygen atoms in total. The maximum absolute atomic E-state index is 13.4. The molecule has 0 aliphatic heterocycles. The number of benzene rings is 4. The third-order valence-corrected chi connectivity index (χ3v) is 7.38. The maximum atomic E-state index is 13.4. The van der Waals surface area contributed by atoms with E-state index in [4.69, 9.17) is 23.8 Å². The first-order valence-corrected chi connectivity index (χ1v) is 13.1. The highest BCUT2D eigenvalue weighted by atomic mass is 35.5. The van der Waals surface area contributed by atoms with Crippen LogP contribution in [0.15, 0.2) is 102 Å². The molecule has 4 aromatic rings. The minimum atomic E-state index is -0.461. The molecular formula is C29H26ClN3OS2. The van der Waals surface area contributed by atoms with Gasteiger partial charge in [-0.3, -0.25) is 4.79 Å². The van der Waals surface area contributed by atoms with E-state index in [1.165, 1.54) is 17.3 Å². The molecular weight excluding hydrogens is 506 g/mol. The third kappa shape index (κ3) is 6.88. The van der Waals surface area contributed by atoms with Gasteiger partial charge in [0.25, 0.3) is 0 Å². The van der Waals surface area contributed by atoms with Crippen LogP contribution >= 0.6 is 35.6 Å². The summed E-state index contributed by atoms with van der Waals surface area (Å²) in [7, 11) is 0. The number of hydrogen-bond acceptors (Lipinski definition) is 3. The Bertz CT molecular complexity index is 1360. The van der Waals surface area contributed by atoms with Crippen LogP contribution in [0, 0.1) is 13.8 Å². The highest BCUT2D eigenvalue weighted by Crippen LogP contribution is 2.37. The number of carbonyl (C=O) groups is 1. The molecule has 3 N–H and O–H groups in total. The smallest absolute Gasteiger partial charge is 0.242 e. The molecule has 7 heteroatoms. The van der Waals surface area contributed by atoms with Gasteiger partial charge < -0.3 is 16.0 Å². The van der Waals surface area contributed by atoms with Crippen molar-refractivity contribution in [2.24, 2.45) is 0 Å². The summed E-state index contributed by atoms with van der Waals surface area (Å²) in [5, 5.41) is 10.1. The molecule has 0 saturated carbocycles. The monoisotopic (exact) mass is 531 g/mol. The Morgan fingerprint density at radius 3 is 2.25 bits per heavy atom. The SMILES string of the molecule is Cc1ccc(NC(=S)Nc2cccc(SC(C(=O)Nc3cccc(Cl)c3C)c3ccccc3)c2)cc1. The predicted octanol–water partition coefficient (Wildman–Crippen LogP) is 8.24. The lowest BCUT2D eigenvalue weighted by Gasteiger charge is -2.19. The number of thiocarbonyl (C=S) groups is 1. The van der Waals surface area contributed by atoms with Gasteiger partial charge in [-0.25, -0.2) is 0 Å². The highest BCUT2D eigenvalue weighted by Gasteiger charge is 2.23. The van der Waals surface area contributed by atoms with E-state index < -0.39 is 5.25 Å². The van der Waals surface area contributed by atoms with E-state index in [0.29, 0.717) is 15.8 Å². The number of hydrogen-bond donors (Lipinski definition) is 3. The Morgan fingerprint density at radius 2 is 1.50 bits per heavy atom. The Hall–Kier alpha value is -3.32. The van der Waals surface area contributed by atoms with Crippen LogP contribution in [0.1, 0.15) is 21.9 Å². The molecule has 0 heterocycles. The number of aryl methyl sites for hydroxylation is 1. The van der Waals surface area contributed by atoms with Gasteiger partial charge in [0.05, 0.1) is 0 Å². The third-order valence-electron chi connectivity index (χ3n) is 5.52. The number of nitrogens with one attached hydrogen (secondary N) is 3. The molecule has 4 rings (SSSR count). The van der Waals surface area contributed by atoms with Crippen LogP contribution in [0.4, 0.5) is 17.1 Å². The number of anilines is 3. The van der Waals surface area contributed by atoms with Crippen LogP contribution in [-0.2, 0) is 4.79 Å². The quantitative estimate of drug-likeness (QED) is 0.165. The van der Waals surface area contributed by atoms with Gasteiger partial charge >= 0.3 is 0 Å². The average Bonchev–Trinajstić information content (AvgIpc) is 2.87. The second kappa shape index (κ2) is 12.1. The summed E-state index contributed by atoms with van der Waals surface area (Å²) >= 11 is 13.2. The van der Waals surface area contributed by atoms with E-state index in [9.17, 15) is 4.79 Å². The summed E-state index contributed by atoms with van der Waals surface area (Å²) in [5.41, 5.74) is 5.40. The Labute approximate surface area is 226 Å². The zero-order valence-corrected chi connectivity index (χ0v) is 22.3. The first kappa shape index (κ1) is 25.8. The minimum Gasteiger partial charge on any atom is -0.332 e. The Morgan fingerprint density at radius 1 is 0.806 bits per heavy atom. The van der Waals surface area contributed by atoms with Crippen molar-refractivity contribution in [3.63, 3.8) is 0 Å². The topological polar surface area (TPSA) is 53.2 Å². The van der Waals surface area contributed by atoms with E-state index in [2.05, 4.69) is 16.0 Å². The molecule has 1 amide bonds. The van der Waals surface area contributed by atoms with Gasteiger partial charge in [0.2, 0.25) is 5.91 Å². The van der Waals surface area contributed by atoms with Gasteiger partial charge in [-0.05, 0) is 79.7 Å². The number of rotatable bonds is 7. The first-order valence-electron chi connectivity index (χ1n) is 11.4. The average molecular weight is 532 g/mol. The normalized spacial score (nSPS) is 11.4. The molecule has 36 heavy (non-hydrogen) atoms. The van der Waals surface area contributed by atoms with E-state index >= 15 is 0 Å². The highest BCUT2D eigenvalue weighted by molar-refractivity contribution is 8.00. The number of amides is 1. The van der Waals surface area contributed by atoms with Crippen LogP contribution in [0.3, 0.4) is 0 Å². The van der Waals surface area contributed by atoms with E-state index in [1.54, 1.807) is 0 Å². The molecule has 0 aromatic heterocycles. The summed E-state index contributed by atoms with van der Waals surface area (Å²) in [4.78, 5) is 14.4. The van der Waals surface area contributed by atoms with Gasteiger partial charge in [0, 0.05) is 27.0 Å². The van der Waals surface area contributed by atoms with E-state index in [1.807, 2.05) is 111 Å². The van der Waals surface area contributed by atoms with Gasteiger partial charge in [-0.15, -0.1) is 11.8 Å². The molecule has 0 fully saturated rings. The Kier molecular flexibility index (Phi) is 8.65. The fourth-order valence-corrected chi connectivity index (χ4v) is 5.05. The fraction of sp³-hybridized carbons (Fsp3) is 0.103. The van der Waals surface area contributed by atoms with Crippen LogP contribution in [-0.4, -0.2) is 11.0 Å². The van der Waals surface area contributed by atoms with Crippen LogP contribution in [0.2, 0.25) is 5.02 Å². The van der Waals surface area contributed by atoms with Crippen molar-refractivity contribution >= 4 is 63.7 Å². The van der Waals surface area contributed by atoms with E-state index in [-0.39, 0.29) is 5.91 Å². The summed E-state index contributed by atoms with van der Waals surface area (Å²) in [6, 6.07) is 31.1. The molecule has 0 spiro atoms. The standard InChI is InChI=1S/C29H26ClN3OS2/c1-19-14-16-22(17-15-19)31-29(35)32-23-10-6-11-24(18-23)36-27(21-8-4-3-5-9-21)28(34)33-26-13-7-12-25(30)20(26)2/h3-18,27H,1-2H3,(H,33,34)(H2,31,32,35). The molecule has 1 atom stereocenters. The van der Waals surface area contributed by atoms with Gasteiger partial charge in [-0.2, -0.15) is 0 Å². The van der Waals surface area contributed by atoms with Crippen molar-refractivity contribution < 1.29 is 4.79 Å². The lowest BCUT2D eigenvalue weighted by atomic mass is 10.1. The van der Waals surface area contributed by atoms with E-state index in [0.717, 1.165) is 27.4 Å². The second-order valence-electron chi connectivity index (χ2n) is 8.28. The molecule has 1 unspecified atom stereocenters. The lowest BCUT2D eigenvalue weighted by Crippen LogP contribution is -2.20. The molecule has 0 saturated heterocycles. The van der Waals surface area contributed by atoms with Crippen LogP contribution in [0.5, 0.6) is 0 Å². The molecule has 0 aliphatic carbocycles. The van der Waals surface area contributed by atoms with Crippen molar-refractivity contribution in [1.82, 2.24) is 0 Å². The zero-order valence-electron chi connectivity index (χ0n) is 19.9. The summed E-state index contributed by atoms with van der Waals surface area (Å²) in [5.74, 6) is -0.119. The largest absolute Gasteiger partial charge is 0.332 e. The van der Waals surface area contributed by atoms with Crippen molar-refractivity contribution in [3.8, 4) is 0 Å². The van der Waals surface area contributed by atoms with Gasteiger partial charge in [0.15, 0.2) is 5.11 Å². The summed E-state index contributed by atoms with van der Waals surface area (Å²) < 4.78 is 0. The first-order chi connectivity index (χ1) is 17.4.